The van der Waals surface area contributed by atoms with E-state index in [9.17, 15) is 30.4 Å². The van der Waals surface area contributed by atoms with E-state index in [0.29, 0.717) is 11.3 Å². The number of nitrogens with zero attached hydrogens (tertiary/aromatic N) is 4. The van der Waals surface area contributed by atoms with E-state index in [2.05, 4.69) is 10.2 Å². The maximum Gasteiger partial charge on any atom is 0.269 e. The van der Waals surface area contributed by atoms with Crippen molar-refractivity contribution in [3.63, 3.8) is 0 Å². The summed E-state index contributed by atoms with van der Waals surface area (Å²) in [5.74, 6) is -0.597. The molecule has 0 atom stereocenters. The number of benzene rings is 3. The number of hydrogen-bond donors (Lipinski definition) is 2. The van der Waals surface area contributed by atoms with Gasteiger partial charge in [-0.25, -0.2) is 0 Å². The van der Waals surface area contributed by atoms with E-state index in [4.69, 9.17) is 0 Å². The summed E-state index contributed by atoms with van der Waals surface area (Å²) in [4.78, 5) is 20.3. The number of non-ortho nitro benzene ring substituents is 2. The molecule has 0 aliphatic carbocycles. The van der Waals surface area contributed by atoms with Crippen molar-refractivity contribution in [2.24, 2.45) is 10.2 Å². The first-order valence-corrected chi connectivity index (χ1v) is 7.83. The van der Waals surface area contributed by atoms with Crippen LogP contribution in [0.5, 0.6) is 11.5 Å². The standard InChI is InChI=1S/C18H12N4O6/c23-16-10-9-15(20-19-12-3-7-14(8-4-12)22(27)28)18(24)17(16)11-1-5-13(6-2-11)21(25)26/h1-10,23-24H. The minimum Gasteiger partial charge on any atom is -0.507 e. The normalized spacial score (nSPS) is 10.9. The van der Waals surface area contributed by atoms with Crippen molar-refractivity contribution in [1.29, 1.82) is 0 Å². The number of nitro benzene ring substituents is 2. The Morgan fingerprint density at radius 2 is 1.25 bits per heavy atom. The van der Waals surface area contributed by atoms with E-state index >= 15 is 0 Å². The molecule has 0 aromatic heterocycles. The van der Waals surface area contributed by atoms with Crippen LogP contribution < -0.4 is 0 Å². The summed E-state index contributed by atoms with van der Waals surface area (Å²) in [6.45, 7) is 0. The van der Waals surface area contributed by atoms with Gasteiger partial charge in [0.15, 0.2) is 5.75 Å². The lowest BCUT2D eigenvalue weighted by atomic mass is 10.0. The van der Waals surface area contributed by atoms with Crippen LogP contribution in [0.4, 0.5) is 22.7 Å². The molecule has 0 aliphatic heterocycles. The molecule has 3 aromatic rings. The first-order valence-electron chi connectivity index (χ1n) is 7.83. The SMILES string of the molecule is O=[N+]([O-])c1ccc(N=Nc2ccc(O)c(-c3ccc([N+](=O)[O-])cc3)c2O)cc1. The molecular weight excluding hydrogens is 368 g/mol. The molecule has 0 fully saturated rings. The molecule has 3 rings (SSSR count). The average molecular weight is 380 g/mol. The first kappa shape index (κ1) is 18.5. The molecule has 10 heteroatoms. The number of hydrogen-bond acceptors (Lipinski definition) is 8. The van der Waals surface area contributed by atoms with Gasteiger partial charge in [-0.2, -0.15) is 5.11 Å². The van der Waals surface area contributed by atoms with Crippen molar-refractivity contribution in [3.8, 4) is 22.6 Å². The van der Waals surface area contributed by atoms with Crippen LogP contribution in [-0.4, -0.2) is 20.1 Å². The molecule has 0 heterocycles. The zero-order valence-electron chi connectivity index (χ0n) is 14.1. The molecule has 0 bridgehead atoms. The Labute approximate surface area is 157 Å². The second-order valence-corrected chi connectivity index (χ2v) is 5.60. The second kappa shape index (κ2) is 7.50. The molecule has 0 unspecified atom stereocenters. The summed E-state index contributed by atoms with van der Waals surface area (Å²) >= 11 is 0. The molecule has 28 heavy (non-hydrogen) atoms. The van der Waals surface area contributed by atoms with Gasteiger partial charge >= 0.3 is 0 Å². The van der Waals surface area contributed by atoms with E-state index in [-0.39, 0.29) is 34.1 Å². The molecule has 0 radical (unpaired) electrons. The Bertz CT molecular complexity index is 1080. The monoisotopic (exact) mass is 380 g/mol. The number of azo groups is 1. The summed E-state index contributed by atoms with van der Waals surface area (Å²) < 4.78 is 0. The van der Waals surface area contributed by atoms with E-state index < -0.39 is 9.85 Å². The second-order valence-electron chi connectivity index (χ2n) is 5.60. The summed E-state index contributed by atoms with van der Waals surface area (Å²) in [7, 11) is 0. The number of rotatable bonds is 5. The number of nitro groups is 2. The fourth-order valence-corrected chi connectivity index (χ4v) is 2.44. The molecule has 0 spiro atoms. The van der Waals surface area contributed by atoms with E-state index in [1.807, 2.05) is 0 Å². The Morgan fingerprint density at radius 1 is 0.714 bits per heavy atom. The highest BCUT2D eigenvalue weighted by Crippen LogP contribution is 2.44. The van der Waals surface area contributed by atoms with Gasteiger partial charge in [0.1, 0.15) is 11.4 Å². The van der Waals surface area contributed by atoms with Crippen LogP contribution in [0.3, 0.4) is 0 Å². The predicted octanol–water partition coefficient (Wildman–Crippen LogP) is 5.00. The lowest BCUT2D eigenvalue weighted by Gasteiger charge is -2.09. The molecule has 140 valence electrons. The maximum atomic E-state index is 10.8. The zero-order valence-corrected chi connectivity index (χ0v) is 14.1. The van der Waals surface area contributed by atoms with Crippen LogP contribution >= 0.6 is 0 Å². The van der Waals surface area contributed by atoms with Gasteiger partial charge in [0.25, 0.3) is 11.4 Å². The third-order valence-corrected chi connectivity index (χ3v) is 3.84. The molecule has 0 amide bonds. The highest BCUT2D eigenvalue weighted by Gasteiger charge is 2.16. The van der Waals surface area contributed by atoms with Crippen LogP contribution in [0, 0.1) is 20.2 Å². The van der Waals surface area contributed by atoms with Crippen LogP contribution in [-0.2, 0) is 0 Å². The van der Waals surface area contributed by atoms with Crippen molar-refractivity contribution in [2.75, 3.05) is 0 Å². The number of phenolic OH excluding ortho intramolecular Hbond substituents is 2. The fourth-order valence-electron chi connectivity index (χ4n) is 2.44. The third kappa shape index (κ3) is 3.75. The lowest BCUT2D eigenvalue weighted by molar-refractivity contribution is -0.385. The number of aromatic hydroxyl groups is 2. The van der Waals surface area contributed by atoms with Crippen molar-refractivity contribution >= 4 is 22.7 Å². The third-order valence-electron chi connectivity index (χ3n) is 3.84. The van der Waals surface area contributed by atoms with Gasteiger partial charge in [0.05, 0.1) is 21.1 Å². The van der Waals surface area contributed by atoms with Gasteiger partial charge in [-0.1, -0.05) is 0 Å². The van der Waals surface area contributed by atoms with Crippen LogP contribution in [0.25, 0.3) is 11.1 Å². The highest BCUT2D eigenvalue weighted by molar-refractivity contribution is 5.81. The largest absolute Gasteiger partial charge is 0.507 e. The average Bonchev–Trinajstić information content (AvgIpc) is 2.68. The summed E-state index contributed by atoms with van der Waals surface area (Å²) in [6, 6.07) is 13.3. The van der Waals surface area contributed by atoms with E-state index in [1.54, 1.807) is 0 Å². The highest BCUT2D eigenvalue weighted by atomic mass is 16.6. The van der Waals surface area contributed by atoms with Gasteiger partial charge < -0.3 is 10.2 Å². The van der Waals surface area contributed by atoms with Crippen molar-refractivity contribution in [1.82, 2.24) is 0 Å². The fraction of sp³-hybridized carbons (Fsp3) is 0. The molecule has 2 N–H and O–H groups in total. The zero-order chi connectivity index (χ0) is 20.3. The quantitative estimate of drug-likeness (QED) is 0.361. The van der Waals surface area contributed by atoms with Crippen molar-refractivity contribution in [2.45, 2.75) is 0 Å². The first-order chi connectivity index (χ1) is 13.4. The molecule has 3 aromatic carbocycles. The van der Waals surface area contributed by atoms with Gasteiger partial charge in [-0.05, 0) is 42.0 Å². The Kier molecular flexibility index (Phi) is 4.94. The minimum atomic E-state index is -0.557. The van der Waals surface area contributed by atoms with E-state index in [0.717, 1.165) is 0 Å². The smallest absolute Gasteiger partial charge is 0.269 e. The van der Waals surface area contributed by atoms with Gasteiger partial charge in [-0.15, -0.1) is 5.11 Å². The predicted molar refractivity (Wildman–Crippen MR) is 99.1 cm³/mol. The lowest BCUT2D eigenvalue weighted by Crippen LogP contribution is -1.88. The van der Waals surface area contributed by atoms with Gasteiger partial charge in [-0.3, -0.25) is 20.2 Å². The van der Waals surface area contributed by atoms with Crippen molar-refractivity contribution in [3.05, 3.63) is 80.9 Å². The Balaban J connectivity index is 1.94. The van der Waals surface area contributed by atoms with E-state index in [1.165, 1.54) is 60.7 Å². The van der Waals surface area contributed by atoms with Crippen molar-refractivity contribution < 1.29 is 20.1 Å². The van der Waals surface area contributed by atoms with Gasteiger partial charge in [0.2, 0.25) is 0 Å². The molecular formula is C18H12N4O6. The van der Waals surface area contributed by atoms with Crippen LogP contribution in [0.15, 0.2) is 70.9 Å². The maximum absolute atomic E-state index is 10.8. The van der Waals surface area contributed by atoms with Gasteiger partial charge in [0, 0.05) is 24.3 Å². The molecule has 10 nitrogen and oxygen atoms in total. The summed E-state index contributed by atoms with van der Waals surface area (Å²) in [6.07, 6.45) is 0. The number of phenols is 2. The Morgan fingerprint density at radius 3 is 1.79 bits per heavy atom. The minimum absolute atomic E-state index is 0.0458. The van der Waals surface area contributed by atoms with Crippen LogP contribution in [0.1, 0.15) is 0 Å². The summed E-state index contributed by atoms with van der Waals surface area (Å²) in [5, 5.41) is 49.8. The molecule has 0 aliphatic rings. The molecule has 0 saturated carbocycles. The molecule has 0 saturated heterocycles. The Hall–Kier alpha value is -4.34. The summed E-state index contributed by atoms with van der Waals surface area (Å²) in [5.41, 5.74) is 0.561. The topological polar surface area (TPSA) is 151 Å². The van der Waals surface area contributed by atoms with Crippen LogP contribution in [0.2, 0.25) is 0 Å².